The van der Waals surface area contributed by atoms with Gasteiger partial charge in [-0.15, -0.1) is 0 Å². The summed E-state index contributed by atoms with van der Waals surface area (Å²) in [6, 6.07) is 21.8. The second-order valence-electron chi connectivity index (χ2n) is 8.34. The van der Waals surface area contributed by atoms with Crippen LogP contribution in [0.5, 0.6) is 0 Å². The van der Waals surface area contributed by atoms with Crippen LogP contribution in [0.25, 0.3) is 0 Å². The minimum absolute atomic E-state index is 0.103. The van der Waals surface area contributed by atoms with Crippen LogP contribution in [0.2, 0.25) is 0 Å². The van der Waals surface area contributed by atoms with Crippen LogP contribution >= 0.6 is 0 Å². The summed E-state index contributed by atoms with van der Waals surface area (Å²) in [6.07, 6.45) is 0.332. The third kappa shape index (κ3) is 5.84. The second kappa shape index (κ2) is 11.0. The minimum atomic E-state index is -0.290. The number of para-hydroxylation sites is 1. The van der Waals surface area contributed by atoms with Gasteiger partial charge in [0.15, 0.2) is 0 Å². The van der Waals surface area contributed by atoms with Crippen LogP contribution in [0.4, 0.5) is 14.5 Å². The van der Waals surface area contributed by atoms with Crippen LogP contribution in [0.15, 0.2) is 72.8 Å². The number of rotatable bonds is 7. The fourth-order valence-electron chi connectivity index (χ4n) is 4.31. The van der Waals surface area contributed by atoms with E-state index in [9.17, 15) is 18.8 Å². The minimum Gasteiger partial charge on any atom is -0.325 e. The fourth-order valence-corrected chi connectivity index (χ4v) is 4.31. The van der Waals surface area contributed by atoms with Crippen molar-refractivity contribution in [2.45, 2.75) is 12.5 Å². The van der Waals surface area contributed by atoms with Gasteiger partial charge in [0.2, 0.25) is 5.91 Å². The first kappa shape index (κ1) is 23.6. The molecule has 0 atom stereocenters. The number of nitriles is 1. The van der Waals surface area contributed by atoms with Crippen molar-refractivity contribution in [2.24, 2.45) is 0 Å². The number of anilines is 1. The van der Waals surface area contributed by atoms with Gasteiger partial charge in [-0.1, -0.05) is 36.4 Å². The standard InChI is InChI=1S/C27H26F2N4O/c28-23-9-5-20(6-10-23)27(21-7-11-24(29)12-8-21)33-17-15-32(16-18-33)14-13-26(34)31-25-4-2-1-3-22(25)19-30/h1-12,27H,13-18H2,(H,31,34). The Bertz CT molecular complexity index is 1100. The van der Waals surface area contributed by atoms with E-state index in [1.165, 1.54) is 24.3 Å². The molecule has 0 unspecified atom stereocenters. The molecule has 3 aromatic carbocycles. The normalized spacial score (nSPS) is 14.6. The average Bonchev–Trinajstić information content (AvgIpc) is 2.86. The molecule has 1 fully saturated rings. The molecule has 174 valence electrons. The number of hydrogen-bond donors (Lipinski definition) is 1. The molecule has 1 heterocycles. The van der Waals surface area contributed by atoms with Crippen LogP contribution in [-0.2, 0) is 4.79 Å². The number of halogens is 2. The van der Waals surface area contributed by atoms with E-state index in [0.29, 0.717) is 24.2 Å². The van der Waals surface area contributed by atoms with Gasteiger partial charge in [0, 0.05) is 39.1 Å². The second-order valence-corrected chi connectivity index (χ2v) is 8.34. The lowest BCUT2D eigenvalue weighted by Crippen LogP contribution is -2.48. The van der Waals surface area contributed by atoms with E-state index < -0.39 is 0 Å². The van der Waals surface area contributed by atoms with Crippen molar-refractivity contribution < 1.29 is 13.6 Å². The monoisotopic (exact) mass is 460 g/mol. The Kier molecular flexibility index (Phi) is 7.63. The highest BCUT2D eigenvalue weighted by Gasteiger charge is 2.26. The van der Waals surface area contributed by atoms with Crippen molar-refractivity contribution in [3.63, 3.8) is 0 Å². The Morgan fingerprint density at radius 3 is 2.00 bits per heavy atom. The van der Waals surface area contributed by atoms with Gasteiger partial charge in [-0.25, -0.2) is 8.78 Å². The zero-order valence-electron chi connectivity index (χ0n) is 18.8. The molecule has 1 N–H and O–H groups in total. The summed E-state index contributed by atoms with van der Waals surface area (Å²) in [6.45, 7) is 3.70. The molecule has 0 saturated carbocycles. The Hall–Kier alpha value is -3.60. The molecule has 1 amide bonds. The van der Waals surface area contributed by atoms with E-state index >= 15 is 0 Å². The fraction of sp³-hybridized carbons (Fsp3) is 0.259. The maximum atomic E-state index is 13.5. The molecule has 0 bridgehead atoms. The Balaban J connectivity index is 1.36. The van der Waals surface area contributed by atoms with Crippen molar-refractivity contribution in [3.05, 3.63) is 101 Å². The van der Waals surface area contributed by atoms with Gasteiger partial charge in [0.1, 0.15) is 17.7 Å². The van der Waals surface area contributed by atoms with Crippen LogP contribution in [0.1, 0.15) is 29.2 Å². The van der Waals surface area contributed by atoms with E-state index in [-0.39, 0.29) is 23.6 Å². The van der Waals surface area contributed by atoms with E-state index in [4.69, 9.17) is 0 Å². The molecular formula is C27H26F2N4O. The smallest absolute Gasteiger partial charge is 0.225 e. The molecule has 1 saturated heterocycles. The quantitative estimate of drug-likeness (QED) is 0.561. The topological polar surface area (TPSA) is 59.4 Å². The van der Waals surface area contributed by atoms with Crippen molar-refractivity contribution in [1.29, 1.82) is 5.26 Å². The Morgan fingerprint density at radius 2 is 1.44 bits per heavy atom. The van der Waals surface area contributed by atoms with Crippen molar-refractivity contribution in [1.82, 2.24) is 9.80 Å². The molecule has 3 aromatic rings. The largest absolute Gasteiger partial charge is 0.325 e. The van der Waals surface area contributed by atoms with Gasteiger partial charge in [-0.2, -0.15) is 5.26 Å². The molecule has 5 nitrogen and oxygen atoms in total. The lowest BCUT2D eigenvalue weighted by Gasteiger charge is -2.39. The van der Waals surface area contributed by atoms with E-state index in [2.05, 4.69) is 21.2 Å². The van der Waals surface area contributed by atoms with Crippen molar-refractivity contribution in [3.8, 4) is 6.07 Å². The molecule has 4 rings (SSSR count). The van der Waals surface area contributed by atoms with Crippen LogP contribution in [0, 0.1) is 23.0 Å². The molecule has 0 radical (unpaired) electrons. The molecule has 1 aliphatic rings. The number of nitrogens with zero attached hydrogens (tertiary/aromatic N) is 3. The SMILES string of the molecule is N#Cc1ccccc1NC(=O)CCN1CCN(C(c2ccc(F)cc2)c2ccc(F)cc2)CC1. The van der Waals surface area contributed by atoms with Crippen LogP contribution in [-0.4, -0.2) is 48.4 Å². The third-order valence-corrected chi connectivity index (χ3v) is 6.12. The number of benzene rings is 3. The maximum absolute atomic E-state index is 13.5. The van der Waals surface area contributed by atoms with Gasteiger partial charge in [0.25, 0.3) is 0 Å². The zero-order chi connectivity index (χ0) is 23.9. The summed E-state index contributed by atoms with van der Waals surface area (Å²) >= 11 is 0. The molecular weight excluding hydrogens is 434 g/mol. The molecule has 0 aliphatic carbocycles. The number of amides is 1. The summed E-state index contributed by atoms with van der Waals surface area (Å²) in [5.41, 5.74) is 2.88. The van der Waals surface area contributed by atoms with Gasteiger partial charge in [-0.3, -0.25) is 9.69 Å². The molecule has 7 heteroatoms. The van der Waals surface area contributed by atoms with E-state index in [0.717, 1.165) is 37.3 Å². The van der Waals surface area contributed by atoms with Gasteiger partial charge < -0.3 is 10.2 Å². The van der Waals surface area contributed by atoms with Crippen LogP contribution in [0.3, 0.4) is 0 Å². The Morgan fingerprint density at radius 1 is 0.882 bits per heavy atom. The summed E-state index contributed by atoms with van der Waals surface area (Å²) < 4.78 is 27.0. The molecule has 0 aromatic heterocycles. The lowest BCUT2D eigenvalue weighted by molar-refractivity contribution is -0.116. The molecule has 1 aliphatic heterocycles. The Labute approximate surface area is 198 Å². The number of carbonyl (C=O) groups is 1. The highest BCUT2D eigenvalue weighted by Crippen LogP contribution is 2.30. The zero-order valence-corrected chi connectivity index (χ0v) is 18.8. The predicted octanol–water partition coefficient (Wildman–Crippen LogP) is 4.57. The van der Waals surface area contributed by atoms with Crippen LogP contribution < -0.4 is 5.32 Å². The highest BCUT2D eigenvalue weighted by atomic mass is 19.1. The van der Waals surface area contributed by atoms with Crippen molar-refractivity contribution >= 4 is 11.6 Å². The number of nitrogens with one attached hydrogen (secondary N) is 1. The maximum Gasteiger partial charge on any atom is 0.225 e. The average molecular weight is 461 g/mol. The molecule has 34 heavy (non-hydrogen) atoms. The summed E-state index contributed by atoms with van der Waals surface area (Å²) in [5.74, 6) is -0.704. The number of hydrogen-bond acceptors (Lipinski definition) is 4. The third-order valence-electron chi connectivity index (χ3n) is 6.12. The number of piperazine rings is 1. The predicted molar refractivity (Wildman–Crippen MR) is 127 cm³/mol. The van der Waals surface area contributed by atoms with E-state index in [1.54, 1.807) is 48.5 Å². The first-order valence-electron chi connectivity index (χ1n) is 11.3. The highest BCUT2D eigenvalue weighted by molar-refractivity contribution is 5.92. The van der Waals surface area contributed by atoms with Crippen molar-refractivity contribution in [2.75, 3.05) is 38.0 Å². The van der Waals surface area contributed by atoms with Gasteiger partial charge >= 0.3 is 0 Å². The number of carbonyl (C=O) groups excluding carboxylic acids is 1. The van der Waals surface area contributed by atoms with E-state index in [1.807, 2.05) is 0 Å². The first-order chi connectivity index (χ1) is 16.5. The summed E-state index contributed by atoms with van der Waals surface area (Å²) in [5, 5.41) is 12.0. The van der Waals surface area contributed by atoms with Gasteiger partial charge in [0.05, 0.1) is 17.3 Å². The summed E-state index contributed by atoms with van der Waals surface area (Å²) in [7, 11) is 0. The lowest BCUT2D eigenvalue weighted by atomic mass is 9.96. The first-order valence-corrected chi connectivity index (χ1v) is 11.3. The summed E-state index contributed by atoms with van der Waals surface area (Å²) in [4.78, 5) is 16.9. The molecule has 0 spiro atoms. The van der Waals surface area contributed by atoms with Gasteiger partial charge in [-0.05, 0) is 47.5 Å².